The summed E-state index contributed by atoms with van der Waals surface area (Å²) in [4.78, 5) is 7.07. The van der Waals surface area contributed by atoms with Crippen LogP contribution in [-0.2, 0) is 0 Å². The molecule has 0 unspecified atom stereocenters. The van der Waals surface area contributed by atoms with Crippen LogP contribution in [-0.4, -0.2) is 9.97 Å². The Balaban J connectivity index is 2.91. The van der Waals surface area contributed by atoms with Crippen LogP contribution in [0.5, 0.6) is 0 Å². The van der Waals surface area contributed by atoms with Crippen molar-refractivity contribution in [3.8, 4) is 0 Å². The minimum absolute atomic E-state index is 0.702. The van der Waals surface area contributed by atoms with Crippen molar-refractivity contribution in [1.29, 1.82) is 0 Å². The molecule has 0 amide bonds. The molecule has 0 saturated carbocycles. The maximum absolute atomic E-state index is 5.92. The largest absolute Gasteiger partial charge is 0.345 e. The van der Waals surface area contributed by atoms with Crippen LogP contribution in [0, 0.1) is 3.57 Å². The van der Waals surface area contributed by atoms with Gasteiger partial charge in [-0.1, -0.05) is 11.6 Å². The maximum atomic E-state index is 5.92. The predicted octanol–water partition coefficient (Wildman–Crippen LogP) is 2.82. The smallest absolute Gasteiger partial charge is 0.107 e. The minimum Gasteiger partial charge on any atom is -0.345 e. The lowest BCUT2D eigenvalue weighted by molar-refractivity contribution is 1.34. The summed E-state index contributed by atoms with van der Waals surface area (Å²) in [5.41, 5.74) is 1.83. The third-order valence-corrected chi connectivity index (χ3v) is 2.35. The Hall–Kier alpha value is -0.290. The van der Waals surface area contributed by atoms with Crippen LogP contribution in [0.4, 0.5) is 0 Å². The summed E-state index contributed by atoms with van der Waals surface area (Å²) in [6.45, 7) is 0. The van der Waals surface area contributed by atoms with Crippen LogP contribution in [0.15, 0.2) is 18.5 Å². The van der Waals surface area contributed by atoms with Gasteiger partial charge in [0.1, 0.15) is 5.52 Å². The van der Waals surface area contributed by atoms with Crippen LogP contribution in [0.2, 0.25) is 5.02 Å². The molecule has 0 aliphatic carbocycles. The Morgan fingerprint density at radius 3 is 3.09 bits per heavy atom. The number of nitrogens with one attached hydrogen (secondary N) is 1. The van der Waals surface area contributed by atoms with Crippen molar-refractivity contribution in [2.75, 3.05) is 0 Å². The van der Waals surface area contributed by atoms with E-state index in [1.165, 1.54) is 0 Å². The number of rotatable bonds is 0. The van der Waals surface area contributed by atoms with Crippen molar-refractivity contribution in [3.63, 3.8) is 0 Å². The Morgan fingerprint density at radius 1 is 1.45 bits per heavy atom. The Labute approximate surface area is 82.1 Å². The van der Waals surface area contributed by atoms with Gasteiger partial charge >= 0.3 is 0 Å². The summed E-state index contributed by atoms with van der Waals surface area (Å²) in [5.74, 6) is 0. The zero-order valence-corrected chi connectivity index (χ0v) is 8.35. The van der Waals surface area contributed by atoms with E-state index >= 15 is 0 Å². The second-order valence-electron chi connectivity index (χ2n) is 2.19. The topological polar surface area (TPSA) is 28.7 Å². The molecule has 0 aliphatic rings. The third-order valence-electron chi connectivity index (χ3n) is 1.44. The first kappa shape index (κ1) is 7.36. The molecule has 4 heteroatoms. The fourth-order valence-electron chi connectivity index (χ4n) is 0.974. The average molecular weight is 278 g/mol. The summed E-state index contributed by atoms with van der Waals surface area (Å²) >= 11 is 8.14. The quantitative estimate of drug-likeness (QED) is 0.738. The Morgan fingerprint density at radius 2 is 2.27 bits per heavy atom. The molecule has 1 heterocycles. The first-order chi connectivity index (χ1) is 5.27. The van der Waals surface area contributed by atoms with Crippen LogP contribution in [0.1, 0.15) is 0 Å². The second-order valence-corrected chi connectivity index (χ2v) is 3.84. The monoisotopic (exact) mass is 278 g/mol. The molecule has 0 radical (unpaired) electrons. The number of halogens is 2. The normalized spacial score (nSPS) is 10.7. The molecule has 2 rings (SSSR count). The lowest BCUT2D eigenvalue weighted by Crippen LogP contribution is -1.74. The SMILES string of the molecule is Clc1cc(I)cc2[nH]cnc12. The molecule has 56 valence electrons. The second kappa shape index (κ2) is 2.64. The molecule has 2 nitrogen and oxygen atoms in total. The first-order valence-corrected chi connectivity index (χ1v) is 4.51. The molecule has 1 N–H and O–H groups in total. The standard InChI is InChI=1S/C7H4ClIN2/c8-5-1-4(9)2-6-7(5)11-3-10-6/h1-3H,(H,10,11). The number of aromatic nitrogens is 2. The van der Waals surface area contributed by atoms with Gasteiger partial charge in [0, 0.05) is 3.57 Å². The number of hydrogen-bond acceptors (Lipinski definition) is 1. The molecular formula is C7H4ClIN2. The van der Waals surface area contributed by atoms with E-state index in [-0.39, 0.29) is 0 Å². The van der Waals surface area contributed by atoms with Gasteiger partial charge in [-0.3, -0.25) is 0 Å². The molecule has 1 aromatic carbocycles. The molecule has 0 atom stereocenters. The molecule has 0 saturated heterocycles. The molecule has 0 aliphatic heterocycles. The zero-order valence-electron chi connectivity index (χ0n) is 5.44. The molecule has 1 aromatic heterocycles. The van der Waals surface area contributed by atoms with Gasteiger partial charge < -0.3 is 4.98 Å². The van der Waals surface area contributed by atoms with E-state index < -0.39 is 0 Å². The van der Waals surface area contributed by atoms with Gasteiger partial charge in [-0.25, -0.2) is 4.98 Å². The van der Waals surface area contributed by atoms with E-state index in [4.69, 9.17) is 11.6 Å². The van der Waals surface area contributed by atoms with Crippen molar-refractivity contribution < 1.29 is 0 Å². The lowest BCUT2D eigenvalue weighted by Gasteiger charge is -1.93. The van der Waals surface area contributed by atoms with Crippen LogP contribution < -0.4 is 0 Å². The molecule has 0 spiro atoms. The maximum Gasteiger partial charge on any atom is 0.107 e. The van der Waals surface area contributed by atoms with Gasteiger partial charge in [0.2, 0.25) is 0 Å². The van der Waals surface area contributed by atoms with E-state index in [2.05, 4.69) is 32.6 Å². The Bertz CT molecular complexity index is 396. The molecule has 11 heavy (non-hydrogen) atoms. The fourth-order valence-corrected chi connectivity index (χ4v) is 2.05. The van der Waals surface area contributed by atoms with Crippen molar-refractivity contribution in [2.45, 2.75) is 0 Å². The predicted molar refractivity (Wildman–Crippen MR) is 53.8 cm³/mol. The summed E-state index contributed by atoms with van der Waals surface area (Å²) in [6, 6.07) is 3.90. The van der Waals surface area contributed by atoms with Gasteiger partial charge in [-0.2, -0.15) is 0 Å². The molecule has 0 bridgehead atoms. The summed E-state index contributed by atoms with van der Waals surface area (Å²) in [5, 5.41) is 0.702. The summed E-state index contributed by atoms with van der Waals surface area (Å²) in [6.07, 6.45) is 1.65. The highest BCUT2D eigenvalue weighted by Crippen LogP contribution is 2.22. The van der Waals surface area contributed by atoms with Crippen LogP contribution >= 0.6 is 34.2 Å². The number of imidazole rings is 1. The highest BCUT2D eigenvalue weighted by Gasteiger charge is 2.01. The number of aromatic amines is 1. The molecule has 2 aromatic rings. The van der Waals surface area contributed by atoms with Gasteiger partial charge in [-0.15, -0.1) is 0 Å². The minimum atomic E-state index is 0.702. The van der Waals surface area contributed by atoms with Gasteiger partial charge in [-0.05, 0) is 34.7 Å². The number of hydrogen-bond donors (Lipinski definition) is 1. The van der Waals surface area contributed by atoms with E-state index in [0.717, 1.165) is 14.6 Å². The molecule has 0 fully saturated rings. The van der Waals surface area contributed by atoms with Gasteiger partial charge in [0.15, 0.2) is 0 Å². The number of H-pyrrole nitrogens is 1. The van der Waals surface area contributed by atoms with Crippen molar-refractivity contribution in [1.82, 2.24) is 9.97 Å². The van der Waals surface area contributed by atoms with Gasteiger partial charge in [0.25, 0.3) is 0 Å². The first-order valence-electron chi connectivity index (χ1n) is 3.05. The summed E-state index contributed by atoms with van der Waals surface area (Å²) < 4.78 is 1.12. The summed E-state index contributed by atoms with van der Waals surface area (Å²) in [7, 11) is 0. The number of fused-ring (bicyclic) bond motifs is 1. The van der Waals surface area contributed by atoms with Crippen molar-refractivity contribution in [2.24, 2.45) is 0 Å². The highest BCUT2D eigenvalue weighted by atomic mass is 127. The number of benzene rings is 1. The fraction of sp³-hybridized carbons (Fsp3) is 0. The third kappa shape index (κ3) is 1.22. The van der Waals surface area contributed by atoms with E-state index in [1.54, 1.807) is 6.33 Å². The van der Waals surface area contributed by atoms with E-state index in [0.29, 0.717) is 5.02 Å². The van der Waals surface area contributed by atoms with E-state index in [1.807, 2.05) is 12.1 Å². The molecular weight excluding hydrogens is 274 g/mol. The van der Waals surface area contributed by atoms with Crippen molar-refractivity contribution in [3.05, 3.63) is 27.1 Å². The Kier molecular flexibility index (Phi) is 1.77. The van der Waals surface area contributed by atoms with E-state index in [9.17, 15) is 0 Å². The van der Waals surface area contributed by atoms with Gasteiger partial charge in [0.05, 0.1) is 16.9 Å². The van der Waals surface area contributed by atoms with Crippen LogP contribution in [0.3, 0.4) is 0 Å². The number of nitrogens with zero attached hydrogens (tertiary/aromatic N) is 1. The highest BCUT2D eigenvalue weighted by molar-refractivity contribution is 14.1. The zero-order chi connectivity index (χ0) is 7.84. The average Bonchev–Trinajstić information content (AvgIpc) is 2.34. The van der Waals surface area contributed by atoms with Crippen molar-refractivity contribution >= 4 is 45.2 Å². The lowest BCUT2D eigenvalue weighted by atomic mass is 10.3. The van der Waals surface area contributed by atoms with Crippen LogP contribution in [0.25, 0.3) is 11.0 Å².